The second kappa shape index (κ2) is 17.6. The Hall–Kier alpha value is -3.52. The number of benzene rings is 6. The van der Waals surface area contributed by atoms with Crippen LogP contribution in [-0.2, 0) is 29.2 Å². The van der Waals surface area contributed by atoms with Gasteiger partial charge < -0.3 is 0 Å². The van der Waals surface area contributed by atoms with Gasteiger partial charge in [-0.25, -0.2) is 0 Å². The van der Waals surface area contributed by atoms with Crippen LogP contribution in [0, 0.1) is 11.8 Å². The van der Waals surface area contributed by atoms with Crippen molar-refractivity contribution in [2.24, 2.45) is 11.8 Å². The molecular weight excluding hydrogens is 911 g/mol. The van der Waals surface area contributed by atoms with E-state index in [1.165, 1.54) is 103 Å². The van der Waals surface area contributed by atoms with Crippen LogP contribution >= 0.6 is 17.0 Å². The molecule has 1 aliphatic heterocycles. The van der Waals surface area contributed by atoms with E-state index in [0.717, 1.165) is 25.7 Å². The second-order valence-corrected chi connectivity index (χ2v) is 42.4. The normalized spacial score (nSPS) is 18.3. The first kappa shape index (κ1) is 45.6. The van der Waals surface area contributed by atoms with Gasteiger partial charge >= 0.3 is 399 Å². The topological polar surface area (TPSA) is 0 Å². The molecule has 4 unspecified atom stereocenters. The SMILES string of the molecule is CCc1ccccc1-c1c(C(C)C)ccc2c1C=C(C(C)CC)[CH]2[Zr]([Cl])([Cl])([c]1cccc2c1[SiH2]c1ccccc1-2)[CH]1C(C(C)CC)=Cc2c1ccc(C(C)C)c2-c1ccccc1CC. The number of halogens is 2. The third-order valence-electron chi connectivity index (χ3n) is 15.9. The first-order valence-electron chi connectivity index (χ1n) is 24.5. The van der Waals surface area contributed by atoms with Crippen molar-refractivity contribution in [1.29, 1.82) is 0 Å². The van der Waals surface area contributed by atoms with Gasteiger partial charge in [0.05, 0.1) is 0 Å². The molecule has 2 aliphatic carbocycles. The predicted octanol–water partition coefficient (Wildman–Crippen LogP) is 15.5. The van der Waals surface area contributed by atoms with E-state index in [2.05, 4.69) is 197 Å². The summed E-state index contributed by atoms with van der Waals surface area (Å²) in [6.45, 7) is 23.6. The van der Waals surface area contributed by atoms with Crippen LogP contribution in [0.4, 0.5) is 0 Å². The molecule has 0 aromatic heterocycles. The van der Waals surface area contributed by atoms with Crippen molar-refractivity contribution in [3.05, 3.63) is 171 Å². The van der Waals surface area contributed by atoms with Crippen LogP contribution in [0.1, 0.15) is 146 Å². The molecule has 4 atom stereocenters. The molecular formula is C60H67Cl2SiZr. The van der Waals surface area contributed by atoms with Crippen molar-refractivity contribution in [1.82, 2.24) is 0 Å². The number of hydrogen-bond acceptors (Lipinski definition) is 0. The van der Waals surface area contributed by atoms with Crippen LogP contribution in [0.2, 0.25) is 0 Å². The molecule has 6 aromatic carbocycles. The van der Waals surface area contributed by atoms with Gasteiger partial charge in [0.1, 0.15) is 0 Å². The molecule has 6 aromatic rings. The van der Waals surface area contributed by atoms with Crippen LogP contribution in [0.3, 0.4) is 0 Å². The molecule has 0 bridgehead atoms. The average molecular weight is 978 g/mol. The molecule has 1 heterocycles. The number of fused-ring (bicyclic) bond motifs is 5. The Kier molecular flexibility index (Phi) is 12.6. The maximum absolute atomic E-state index is 9.64. The van der Waals surface area contributed by atoms with Crippen LogP contribution in [-0.4, -0.2) is 9.52 Å². The monoisotopic (exact) mass is 975 g/mol. The summed E-state index contributed by atoms with van der Waals surface area (Å²) in [5.74, 6) is 1.28. The summed E-state index contributed by atoms with van der Waals surface area (Å²) in [5.41, 5.74) is 22.0. The van der Waals surface area contributed by atoms with Gasteiger partial charge in [0.25, 0.3) is 0 Å². The fraction of sp³-hybridized carbons (Fsp3) is 0.333. The van der Waals surface area contributed by atoms with Gasteiger partial charge in [-0.05, 0) is 0 Å². The summed E-state index contributed by atoms with van der Waals surface area (Å²) < 4.78 is 1.08. The van der Waals surface area contributed by atoms with Crippen molar-refractivity contribution in [2.75, 3.05) is 0 Å². The number of allylic oxidation sites excluding steroid dienone is 2. The molecule has 329 valence electrons. The molecule has 0 radical (unpaired) electrons. The number of rotatable bonds is 13. The minimum atomic E-state index is -5.81. The Balaban J connectivity index is 1.44. The van der Waals surface area contributed by atoms with Crippen molar-refractivity contribution < 1.29 is 16.4 Å². The summed E-state index contributed by atoms with van der Waals surface area (Å²) >= 11 is -5.81. The van der Waals surface area contributed by atoms with E-state index in [9.17, 15) is 17.0 Å². The van der Waals surface area contributed by atoms with Crippen molar-refractivity contribution in [3.8, 4) is 33.4 Å². The molecule has 0 fully saturated rings. The summed E-state index contributed by atoms with van der Waals surface area (Å²) in [6.07, 6.45) is 9.22. The van der Waals surface area contributed by atoms with E-state index in [-0.39, 0.29) is 19.1 Å². The number of hydrogen-bond donors (Lipinski definition) is 0. The van der Waals surface area contributed by atoms with Gasteiger partial charge in [-0.15, -0.1) is 0 Å². The molecule has 0 saturated heterocycles. The van der Waals surface area contributed by atoms with Crippen LogP contribution < -0.4 is 13.6 Å². The van der Waals surface area contributed by atoms with Gasteiger partial charge in [-0.3, -0.25) is 0 Å². The third kappa shape index (κ3) is 7.06. The molecule has 0 amide bonds. The average Bonchev–Trinajstić information content (AvgIpc) is 4.03. The quantitative estimate of drug-likeness (QED) is 0.101. The first-order valence-corrected chi connectivity index (χ1v) is 36.3. The van der Waals surface area contributed by atoms with E-state index in [1.54, 1.807) is 0 Å². The zero-order valence-corrected chi connectivity index (χ0v) is 45.3. The summed E-state index contributed by atoms with van der Waals surface area (Å²) in [7, 11) is 18.4. The van der Waals surface area contributed by atoms with Gasteiger partial charge in [0, 0.05) is 0 Å². The summed E-state index contributed by atoms with van der Waals surface area (Å²) in [4.78, 5) is 0. The summed E-state index contributed by atoms with van der Waals surface area (Å²) in [6, 6.07) is 44.4. The van der Waals surface area contributed by atoms with Crippen molar-refractivity contribution in [2.45, 2.75) is 114 Å². The molecule has 9 rings (SSSR count). The zero-order chi connectivity index (χ0) is 45.3. The molecule has 3 aliphatic rings. The maximum atomic E-state index is 9.64. The Morgan fingerprint density at radius 3 is 1.39 bits per heavy atom. The standard InChI is InChI=1S/2C24H29.C12H9Si.2ClH.Zr/c2*1-6-17(5)20-14-19-12-13-21(16(3)4)24(23(19)15-20)22-11-9-8-10-18(22)7-2;1-3-7-11-9(5-1)10-6-2-4-8-12(10)13-11;;;/h2*8-17H,6-7H2,1-5H3;1-7H,13H2;2*1H;/q;;;;;+2/p-2. The zero-order valence-electron chi connectivity index (χ0n) is 39.9. The van der Waals surface area contributed by atoms with Gasteiger partial charge in [-0.2, -0.15) is 0 Å². The minimum absolute atomic E-state index is 0.118. The molecule has 4 heteroatoms. The fourth-order valence-corrected chi connectivity index (χ4v) is 40.3. The summed E-state index contributed by atoms with van der Waals surface area (Å²) in [5, 5.41) is 2.99. The second-order valence-electron chi connectivity index (χ2n) is 20.0. The van der Waals surface area contributed by atoms with E-state index in [4.69, 9.17) is 0 Å². The van der Waals surface area contributed by atoms with Crippen LogP contribution in [0.5, 0.6) is 0 Å². The fourth-order valence-electron chi connectivity index (χ4n) is 12.3. The molecule has 0 nitrogen and oxygen atoms in total. The van der Waals surface area contributed by atoms with E-state index < -0.39 is 25.9 Å². The molecule has 64 heavy (non-hydrogen) atoms. The Labute approximate surface area is 395 Å². The van der Waals surface area contributed by atoms with E-state index >= 15 is 0 Å². The Bertz CT molecular complexity index is 2710. The van der Waals surface area contributed by atoms with Crippen LogP contribution in [0.15, 0.2) is 126 Å². The molecule has 0 saturated carbocycles. The van der Waals surface area contributed by atoms with Gasteiger partial charge in [0.15, 0.2) is 0 Å². The Morgan fingerprint density at radius 1 is 0.500 bits per heavy atom. The van der Waals surface area contributed by atoms with Gasteiger partial charge in [0.2, 0.25) is 0 Å². The van der Waals surface area contributed by atoms with E-state index in [1.807, 2.05) is 0 Å². The third-order valence-corrected chi connectivity index (χ3v) is 38.5. The predicted molar refractivity (Wildman–Crippen MR) is 282 cm³/mol. The van der Waals surface area contributed by atoms with Crippen LogP contribution in [0.25, 0.3) is 45.5 Å². The van der Waals surface area contributed by atoms with Crippen molar-refractivity contribution >= 4 is 52.3 Å². The van der Waals surface area contributed by atoms with Crippen molar-refractivity contribution in [3.63, 3.8) is 0 Å². The molecule has 0 N–H and O–H groups in total. The molecule has 0 spiro atoms. The van der Waals surface area contributed by atoms with Gasteiger partial charge in [-0.1, -0.05) is 0 Å². The Morgan fingerprint density at radius 2 is 0.938 bits per heavy atom. The van der Waals surface area contributed by atoms with E-state index in [0.29, 0.717) is 11.8 Å². The number of aryl methyl sites for hydroxylation is 2. The first-order chi connectivity index (χ1) is 30.8.